The number of imidazole rings is 1. The summed E-state index contributed by atoms with van der Waals surface area (Å²) in [7, 11) is 0. The Morgan fingerprint density at radius 3 is 2.69 bits per heavy atom. The van der Waals surface area contributed by atoms with E-state index in [0.717, 1.165) is 40.8 Å². The normalized spacial score (nSPS) is 24.9. The molecule has 2 fully saturated rings. The van der Waals surface area contributed by atoms with Crippen molar-refractivity contribution in [1.29, 1.82) is 0 Å². The Hall–Kier alpha value is -1.82. The highest BCUT2D eigenvalue weighted by atomic mass is 79.9. The molecule has 5 nitrogen and oxygen atoms in total. The number of piperidine rings is 1. The second-order valence-electron chi connectivity index (χ2n) is 8.24. The minimum Gasteiger partial charge on any atom is -0.444 e. The number of carbonyl (C=O) groups excluding carboxylic acids is 1. The smallest absolute Gasteiger partial charge is 0.411 e. The molecule has 2 heterocycles. The Bertz CT molecular complexity index is 809. The molecule has 6 heteroatoms. The molecule has 0 spiro atoms. The van der Waals surface area contributed by atoms with Crippen LogP contribution in [0.5, 0.6) is 0 Å². The number of benzene rings is 1. The van der Waals surface area contributed by atoms with Crippen molar-refractivity contribution in [1.82, 2.24) is 14.9 Å². The van der Waals surface area contributed by atoms with Gasteiger partial charge in [0.25, 0.3) is 0 Å². The van der Waals surface area contributed by atoms with Crippen molar-refractivity contribution in [3.05, 3.63) is 40.8 Å². The maximum absolute atomic E-state index is 12.8. The van der Waals surface area contributed by atoms with Crippen LogP contribution < -0.4 is 0 Å². The lowest BCUT2D eigenvalue weighted by molar-refractivity contribution is 0.00620. The summed E-state index contributed by atoms with van der Waals surface area (Å²) in [6.45, 7) is 5.73. The van der Waals surface area contributed by atoms with E-state index in [9.17, 15) is 4.79 Å². The van der Waals surface area contributed by atoms with Gasteiger partial charge in [0, 0.05) is 22.3 Å². The molecular formula is C20H24BrN3O2. The first-order valence-electron chi connectivity index (χ1n) is 9.14. The summed E-state index contributed by atoms with van der Waals surface area (Å²) in [5.74, 6) is 1.32. The molecule has 3 atom stereocenters. The van der Waals surface area contributed by atoms with Gasteiger partial charge in [0.05, 0.1) is 11.7 Å². The Morgan fingerprint density at radius 1 is 1.27 bits per heavy atom. The number of hydrogen-bond donors (Lipinski definition) is 1. The number of nitrogens with one attached hydrogen (secondary N) is 1. The molecule has 0 unspecified atom stereocenters. The number of H-pyrrole nitrogens is 1. The number of aromatic amines is 1. The first-order chi connectivity index (χ1) is 12.3. The van der Waals surface area contributed by atoms with Crippen molar-refractivity contribution in [3.63, 3.8) is 0 Å². The van der Waals surface area contributed by atoms with Crippen molar-refractivity contribution in [2.75, 3.05) is 0 Å². The van der Waals surface area contributed by atoms with Crippen LogP contribution >= 0.6 is 15.9 Å². The van der Waals surface area contributed by atoms with E-state index in [1.807, 2.05) is 56.1 Å². The van der Waals surface area contributed by atoms with Crippen LogP contribution in [0.3, 0.4) is 0 Å². The highest BCUT2D eigenvalue weighted by Gasteiger charge is 2.51. The first-order valence-corrected chi connectivity index (χ1v) is 9.94. The lowest BCUT2D eigenvalue weighted by atomic mass is 9.98. The second-order valence-corrected chi connectivity index (χ2v) is 9.15. The Labute approximate surface area is 162 Å². The van der Waals surface area contributed by atoms with Gasteiger partial charge < -0.3 is 9.72 Å². The van der Waals surface area contributed by atoms with Crippen molar-refractivity contribution in [2.45, 2.75) is 57.7 Å². The molecule has 2 aliphatic rings. The molecule has 1 saturated carbocycles. The monoisotopic (exact) mass is 417 g/mol. The lowest BCUT2D eigenvalue weighted by Crippen LogP contribution is -2.43. The number of halogens is 1. The van der Waals surface area contributed by atoms with E-state index in [2.05, 4.69) is 20.9 Å². The molecule has 26 heavy (non-hydrogen) atoms. The summed E-state index contributed by atoms with van der Waals surface area (Å²) in [5, 5.41) is 0. The maximum Gasteiger partial charge on any atom is 0.411 e. The van der Waals surface area contributed by atoms with Gasteiger partial charge in [0.2, 0.25) is 0 Å². The van der Waals surface area contributed by atoms with Crippen molar-refractivity contribution in [2.24, 2.45) is 5.92 Å². The van der Waals surface area contributed by atoms with Gasteiger partial charge in [0.15, 0.2) is 0 Å². The third-order valence-electron chi connectivity index (χ3n) is 5.21. The van der Waals surface area contributed by atoms with Gasteiger partial charge in [-0.25, -0.2) is 9.78 Å². The first kappa shape index (κ1) is 17.6. The zero-order chi connectivity index (χ0) is 18.5. The molecule has 1 saturated heterocycles. The maximum atomic E-state index is 12.8. The van der Waals surface area contributed by atoms with E-state index < -0.39 is 5.60 Å². The van der Waals surface area contributed by atoms with Gasteiger partial charge in [0.1, 0.15) is 11.4 Å². The molecule has 1 aromatic heterocycles. The predicted octanol–water partition coefficient (Wildman–Crippen LogP) is 5.30. The van der Waals surface area contributed by atoms with Crippen LogP contribution in [0.15, 0.2) is 34.9 Å². The number of fused-ring (bicyclic) bond motifs is 2. The van der Waals surface area contributed by atoms with E-state index in [4.69, 9.17) is 9.72 Å². The number of aromatic nitrogens is 2. The van der Waals surface area contributed by atoms with E-state index in [0.29, 0.717) is 5.92 Å². The fourth-order valence-corrected chi connectivity index (χ4v) is 4.44. The summed E-state index contributed by atoms with van der Waals surface area (Å²) >= 11 is 3.46. The van der Waals surface area contributed by atoms with E-state index in [1.54, 1.807) is 0 Å². The van der Waals surface area contributed by atoms with Crippen LogP contribution in [0.4, 0.5) is 4.79 Å². The van der Waals surface area contributed by atoms with Gasteiger partial charge in [-0.3, -0.25) is 4.90 Å². The fraction of sp³-hybridized carbons (Fsp3) is 0.500. The molecule has 1 aliphatic carbocycles. The van der Waals surface area contributed by atoms with Crippen LogP contribution in [-0.4, -0.2) is 32.6 Å². The number of rotatable bonds is 2. The second kappa shape index (κ2) is 6.41. The van der Waals surface area contributed by atoms with E-state index >= 15 is 0 Å². The van der Waals surface area contributed by atoms with Gasteiger partial charge in [-0.05, 0) is 58.1 Å². The Balaban J connectivity index is 1.61. The average Bonchev–Trinajstić information content (AvgIpc) is 3.28. The highest BCUT2D eigenvalue weighted by molar-refractivity contribution is 9.10. The molecule has 138 valence electrons. The molecule has 1 amide bonds. The number of carbonyl (C=O) groups is 1. The standard InChI is InChI=1S/C20H24BrN3O2/c1-20(2,3)26-19(25)24-15-9-6-13(10-15)17(24)18-22-11-16(23-18)12-4-7-14(21)8-5-12/h4-5,7-8,11,13,15,17H,6,9-10H2,1-3H3,(H,22,23)/t13-,15+,17-/m0/s1. The van der Waals surface area contributed by atoms with Crippen molar-refractivity contribution in [3.8, 4) is 11.3 Å². The highest BCUT2D eigenvalue weighted by Crippen LogP contribution is 2.50. The SMILES string of the molecule is CC(C)(C)OC(=O)N1[C@@H]2CC[C@@H](C2)[C@H]1c1nc(-c2ccc(Br)cc2)c[nH]1. The van der Waals surface area contributed by atoms with Crippen LogP contribution in [-0.2, 0) is 4.74 Å². The summed E-state index contributed by atoms with van der Waals surface area (Å²) in [5.41, 5.74) is 1.47. The molecule has 2 bridgehead atoms. The number of nitrogens with zero attached hydrogens (tertiary/aromatic N) is 2. The van der Waals surface area contributed by atoms with E-state index in [-0.39, 0.29) is 18.2 Å². The van der Waals surface area contributed by atoms with Gasteiger partial charge in [-0.2, -0.15) is 0 Å². The molecule has 2 aromatic rings. The minimum atomic E-state index is -0.491. The van der Waals surface area contributed by atoms with Gasteiger partial charge >= 0.3 is 6.09 Å². The number of amides is 1. The zero-order valence-electron chi connectivity index (χ0n) is 15.3. The third-order valence-corrected chi connectivity index (χ3v) is 5.74. The van der Waals surface area contributed by atoms with Gasteiger partial charge in [-0.15, -0.1) is 0 Å². The Kier molecular flexibility index (Phi) is 4.34. The predicted molar refractivity (Wildman–Crippen MR) is 104 cm³/mol. The van der Waals surface area contributed by atoms with Crippen LogP contribution in [0.2, 0.25) is 0 Å². The molecule has 1 aromatic carbocycles. The zero-order valence-corrected chi connectivity index (χ0v) is 16.9. The van der Waals surface area contributed by atoms with Crippen LogP contribution in [0, 0.1) is 5.92 Å². The largest absolute Gasteiger partial charge is 0.444 e. The topological polar surface area (TPSA) is 58.2 Å². The molecular weight excluding hydrogens is 394 g/mol. The summed E-state index contributed by atoms with van der Waals surface area (Å²) < 4.78 is 6.71. The number of ether oxygens (including phenoxy) is 1. The molecule has 0 radical (unpaired) electrons. The summed E-state index contributed by atoms with van der Waals surface area (Å²) in [6.07, 6.45) is 4.94. The minimum absolute atomic E-state index is 0.0206. The third kappa shape index (κ3) is 3.27. The Morgan fingerprint density at radius 2 is 2.00 bits per heavy atom. The van der Waals surface area contributed by atoms with Crippen molar-refractivity contribution < 1.29 is 9.53 Å². The number of hydrogen-bond acceptors (Lipinski definition) is 3. The fourth-order valence-electron chi connectivity index (χ4n) is 4.17. The van der Waals surface area contributed by atoms with Crippen molar-refractivity contribution >= 4 is 22.0 Å². The summed E-state index contributed by atoms with van der Waals surface area (Å²) in [4.78, 5) is 22.9. The van der Waals surface area contributed by atoms with E-state index in [1.165, 1.54) is 0 Å². The van der Waals surface area contributed by atoms with Crippen LogP contribution in [0.25, 0.3) is 11.3 Å². The molecule has 1 aliphatic heterocycles. The quantitative estimate of drug-likeness (QED) is 0.720. The molecule has 4 rings (SSSR count). The van der Waals surface area contributed by atoms with Gasteiger partial charge in [-0.1, -0.05) is 28.1 Å². The molecule has 1 N–H and O–H groups in total. The van der Waals surface area contributed by atoms with Crippen LogP contribution in [0.1, 0.15) is 51.9 Å². The number of likely N-dealkylation sites (tertiary alicyclic amines) is 1. The summed E-state index contributed by atoms with van der Waals surface area (Å²) in [6, 6.07) is 8.34. The average molecular weight is 418 g/mol. The lowest BCUT2D eigenvalue weighted by Gasteiger charge is -2.35.